The molecule has 8 heteroatoms. The second kappa shape index (κ2) is 12.0. The molecule has 0 radical (unpaired) electrons. The smallest absolute Gasteiger partial charge is 0.217 e. The molecule has 0 spiro atoms. The lowest BCUT2D eigenvalue weighted by molar-refractivity contribution is -0.119. The Morgan fingerprint density at radius 2 is 1.65 bits per heavy atom. The first-order valence-electron chi connectivity index (χ1n) is 13.7. The largest absolute Gasteiger partial charge is 0.493 e. The number of ether oxygens (including phenoxy) is 3. The van der Waals surface area contributed by atoms with Crippen molar-refractivity contribution in [2.75, 3.05) is 52.4 Å². The van der Waals surface area contributed by atoms with E-state index in [1.165, 1.54) is 12.5 Å². The van der Waals surface area contributed by atoms with Crippen molar-refractivity contribution < 1.29 is 19.0 Å². The summed E-state index contributed by atoms with van der Waals surface area (Å²) in [6.07, 6.45) is 1.30. The van der Waals surface area contributed by atoms with Crippen LogP contribution < -0.4 is 29.9 Å². The SMILES string of the molecule is COc1cc2c(c(OC)c1OC)-c1ccc(N3CCN(Cc4ccccc4)CC3)c(=O)cc1C(NC(C)=O)CC2. The Bertz CT molecular complexity index is 1430. The van der Waals surface area contributed by atoms with Crippen LogP contribution in [-0.2, 0) is 17.8 Å². The topological polar surface area (TPSA) is 80.3 Å². The molecule has 1 N–H and O–H groups in total. The van der Waals surface area contributed by atoms with Gasteiger partial charge in [-0.3, -0.25) is 14.5 Å². The van der Waals surface area contributed by atoms with Crippen molar-refractivity contribution in [1.82, 2.24) is 10.2 Å². The minimum Gasteiger partial charge on any atom is -0.493 e. The summed E-state index contributed by atoms with van der Waals surface area (Å²) in [5.74, 6) is 1.49. The van der Waals surface area contributed by atoms with Crippen LogP contribution in [0.2, 0.25) is 0 Å². The van der Waals surface area contributed by atoms with Crippen molar-refractivity contribution in [2.45, 2.75) is 32.4 Å². The maximum atomic E-state index is 13.8. The fourth-order valence-electron chi connectivity index (χ4n) is 5.95. The summed E-state index contributed by atoms with van der Waals surface area (Å²) in [5, 5.41) is 3.08. The quantitative estimate of drug-likeness (QED) is 0.479. The second-order valence-corrected chi connectivity index (χ2v) is 10.3. The molecule has 1 saturated heterocycles. The third-order valence-electron chi connectivity index (χ3n) is 7.86. The van der Waals surface area contributed by atoms with Gasteiger partial charge in [0, 0.05) is 45.2 Å². The van der Waals surface area contributed by atoms with Gasteiger partial charge >= 0.3 is 0 Å². The summed E-state index contributed by atoms with van der Waals surface area (Å²) in [6.45, 7) is 5.67. The minimum absolute atomic E-state index is 0.0593. The molecule has 2 aliphatic rings. The number of nitrogens with zero attached hydrogens (tertiary/aromatic N) is 2. The Kier molecular flexibility index (Phi) is 8.26. The second-order valence-electron chi connectivity index (χ2n) is 10.3. The number of hydrogen-bond acceptors (Lipinski definition) is 7. The maximum Gasteiger partial charge on any atom is 0.217 e. The average molecular weight is 544 g/mol. The van der Waals surface area contributed by atoms with Gasteiger partial charge in [-0.25, -0.2) is 0 Å². The number of piperazine rings is 1. The third kappa shape index (κ3) is 5.49. The maximum absolute atomic E-state index is 13.8. The zero-order chi connectivity index (χ0) is 28.2. The van der Waals surface area contributed by atoms with Crippen LogP contribution >= 0.6 is 0 Å². The molecule has 8 nitrogen and oxygen atoms in total. The number of fused-ring (bicyclic) bond motifs is 3. The van der Waals surface area contributed by atoms with E-state index in [1.54, 1.807) is 27.4 Å². The van der Waals surface area contributed by atoms with E-state index < -0.39 is 0 Å². The molecule has 1 unspecified atom stereocenters. The average Bonchev–Trinajstić information content (AvgIpc) is 3.21. The van der Waals surface area contributed by atoms with Gasteiger partial charge in [-0.15, -0.1) is 0 Å². The van der Waals surface area contributed by atoms with Crippen LogP contribution in [0.15, 0.2) is 59.4 Å². The molecule has 1 heterocycles. The van der Waals surface area contributed by atoms with Crippen LogP contribution in [0.25, 0.3) is 11.1 Å². The highest BCUT2D eigenvalue weighted by Crippen LogP contribution is 2.50. The summed E-state index contributed by atoms with van der Waals surface area (Å²) in [4.78, 5) is 30.5. The van der Waals surface area contributed by atoms with Crippen molar-refractivity contribution in [3.05, 3.63) is 81.5 Å². The molecule has 5 rings (SSSR count). The Labute approximate surface area is 235 Å². The van der Waals surface area contributed by atoms with Crippen LogP contribution in [0.1, 0.15) is 36.1 Å². The highest BCUT2D eigenvalue weighted by Gasteiger charge is 2.30. The first-order valence-corrected chi connectivity index (χ1v) is 13.7. The number of carbonyl (C=O) groups is 1. The van der Waals surface area contributed by atoms with Crippen LogP contribution in [0, 0.1) is 0 Å². The van der Waals surface area contributed by atoms with Crippen molar-refractivity contribution in [3.8, 4) is 28.4 Å². The van der Waals surface area contributed by atoms with Gasteiger partial charge in [-0.2, -0.15) is 0 Å². The third-order valence-corrected chi connectivity index (χ3v) is 7.86. The molecular formula is C32H37N3O5. The number of aryl methyl sites for hydroxylation is 1. The molecule has 0 bridgehead atoms. The summed E-state index contributed by atoms with van der Waals surface area (Å²) in [7, 11) is 4.79. The van der Waals surface area contributed by atoms with E-state index >= 15 is 0 Å². The number of amides is 1. The van der Waals surface area contributed by atoms with Gasteiger partial charge in [0.1, 0.15) is 0 Å². The summed E-state index contributed by atoms with van der Waals surface area (Å²) in [6, 6.07) is 17.7. The van der Waals surface area contributed by atoms with Gasteiger partial charge < -0.3 is 24.4 Å². The van der Waals surface area contributed by atoms with E-state index in [-0.39, 0.29) is 17.4 Å². The number of hydrogen-bond donors (Lipinski definition) is 1. The lowest BCUT2D eigenvalue weighted by atomic mass is 9.95. The van der Waals surface area contributed by atoms with Crippen LogP contribution in [-0.4, -0.2) is 58.3 Å². The fourth-order valence-corrected chi connectivity index (χ4v) is 5.95. The Hall–Kier alpha value is -4.04. The minimum atomic E-state index is -0.322. The number of nitrogens with one attached hydrogen (secondary N) is 1. The van der Waals surface area contributed by atoms with E-state index in [9.17, 15) is 9.59 Å². The standard InChI is InChI=1S/C32H37N3O5/c1-21(36)33-26-12-10-23-18-29(38-2)31(39-3)32(40-4)30(23)24-11-13-27(28(37)19-25(24)26)35-16-14-34(15-17-35)20-22-8-6-5-7-9-22/h5-9,11,13,18-19,26H,10,12,14-17,20H2,1-4H3,(H,33,36). The number of carbonyl (C=O) groups excluding carboxylic acids is 1. The molecule has 0 aromatic heterocycles. The molecule has 0 saturated carbocycles. The first kappa shape index (κ1) is 27.5. The summed E-state index contributed by atoms with van der Waals surface area (Å²) < 4.78 is 17.2. The summed E-state index contributed by atoms with van der Waals surface area (Å²) >= 11 is 0. The highest BCUT2D eigenvalue weighted by molar-refractivity contribution is 5.83. The summed E-state index contributed by atoms with van der Waals surface area (Å²) in [5.41, 5.74) is 5.38. The van der Waals surface area contributed by atoms with E-state index in [2.05, 4.69) is 39.4 Å². The van der Waals surface area contributed by atoms with E-state index in [0.717, 1.165) is 55.0 Å². The van der Waals surface area contributed by atoms with Crippen LogP contribution in [0.5, 0.6) is 17.2 Å². The molecule has 210 valence electrons. The molecule has 1 amide bonds. The van der Waals surface area contributed by atoms with Crippen LogP contribution in [0.4, 0.5) is 5.69 Å². The van der Waals surface area contributed by atoms with Crippen molar-refractivity contribution in [1.29, 1.82) is 0 Å². The van der Waals surface area contributed by atoms with E-state index in [1.807, 2.05) is 24.3 Å². The molecule has 3 aromatic carbocycles. The van der Waals surface area contributed by atoms with Gasteiger partial charge in [-0.05, 0) is 53.3 Å². The molecule has 40 heavy (non-hydrogen) atoms. The lowest BCUT2D eigenvalue weighted by Gasteiger charge is -2.35. The van der Waals surface area contributed by atoms with Crippen molar-refractivity contribution in [2.24, 2.45) is 0 Å². The lowest BCUT2D eigenvalue weighted by Crippen LogP contribution is -2.47. The Morgan fingerprint density at radius 3 is 2.30 bits per heavy atom. The predicted molar refractivity (Wildman–Crippen MR) is 157 cm³/mol. The highest BCUT2D eigenvalue weighted by atomic mass is 16.5. The zero-order valence-corrected chi connectivity index (χ0v) is 23.7. The molecular weight excluding hydrogens is 506 g/mol. The van der Waals surface area contributed by atoms with Crippen LogP contribution in [0.3, 0.4) is 0 Å². The predicted octanol–water partition coefficient (Wildman–Crippen LogP) is 4.19. The van der Waals surface area contributed by atoms with Gasteiger partial charge in [0.05, 0.1) is 33.1 Å². The molecule has 3 aromatic rings. The molecule has 1 aliphatic heterocycles. The monoisotopic (exact) mass is 543 g/mol. The van der Waals surface area contributed by atoms with Gasteiger partial charge in [-0.1, -0.05) is 36.4 Å². The van der Waals surface area contributed by atoms with Crippen molar-refractivity contribution >= 4 is 11.6 Å². The van der Waals surface area contributed by atoms with Gasteiger partial charge in [0.2, 0.25) is 17.1 Å². The van der Waals surface area contributed by atoms with E-state index in [4.69, 9.17) is 14.2 Å². The number of rotatable bonds is 7. The number of methoxy groups -OCH3 is 3. The Morgan fingerprint density at radius 1 is 0.925 bits per heavy atom. The number of benzene rings is 2. The van der Waals surface area contributed by atoms with Gasteiger partial charge in [0.15, 0.2) is 11.5 Å². The normalized spacial score (nSPS) is 16.8. The van der Waals surface area contributed by atoms with E-state index in [0.29, 0.717) is 35.8 Å². The molecule has 1 atom stereocenters. The van der Waals surface area contributed by atoms with Gasteiger partial charge in [0.25, 0.3) is 0 Å². The number of anilines is 1. The zero-order valence-electron chi connectivity index (χ0n) is 23.7. The molecule has 1 fully saturated rings. The fraction of sp³-hybridized carbons (Fsp3) is 0.375. The Balaban J connectivity index is 1.55. The van der Waals surface area contributed by atoms with Crippen molar-refractivity contribution in [3.63, 3.8) is 0 Å². The first-order chi connectivity index (χ1) is 19.4. The molecule has 1 aliphatic carbocycles.